The van der Waals surface area contributed by atoms with Crippen LogP contribution in [0.2, 0.25) is 0 Å². The van der Waals surface area contributed by atoms with Crippen LogP contribution in [0.5, 0.6) is 0 Å². The van der Waals surface area contributed by atoms with Crippen molar-refractivity contribution in [3.8, 4) is 0 Å². The van der Waals surface area contributed by atoms with Crippen molar-refractivity contribution in [2.75, 3.05) is 6.54 Å². The molecule has 5 nitrogen and oxygen atoms in total. The fourth-order valence-electron chi connectivity index (χ4n) is 3.55. The molecule has 2 saturated carbocycles. The zero-order chi connectivity index (χ0) is 14.6. The Morgan fingerprint density at radius 1 is 1.20 bits per heavy atom. The van der Waals surface area contributed by atoms with Gasteiger partial charge in [-0.1, -0.05) is 32.1 Å². The van der Waals surface area contributed by atoms with Gasteiger partial charge in [-0.05, 0) is 32.1 Å². The number of hydrogen-bond acceptors (Lipinski definition) is 2. The molecule has 0 saturated heterocycles. The van der Waals surface area contributed by atoms with E-state index in [1.54, 1.807) is 6.92 Å². The average Bonchev–Trinajstić information content (AvgIpc) is 3.01. The molecule has 2 aliphatic rings. The van der Waals surface area contributed by atoms with Crippen LogP contribution in [0.4, 0.5) is 4.79 Å². The lowest BCUT2D eigenvalue weighted by Gasteiger charge is -2.27. The first kappa shape index (κ1) is 15.1. The van der Waals surface area contributed by atoms with Gasteiger partial charge in [-0.3, -0.25) is 4.79 Å². The summed E-state index contributed by atoms with van der Waals surface area (Å²) in [5, 5.41) is 15.0. The Hall–Kier alpha value is -1.26. The summed E-state index contributed by atoms with van der Waals surface area (Å²) in [7, 11) is 0. The smallest absolute Gasteiger partial charge is 0.315 e. The summed E-state index contributed by atoms with van der Waals surface area (Å²) in [5.74, 6) is -0.0580. The number of amides is 2. The van der Waals surface area contributed by atoms with E-state index < -0.39 is 11.4 Å². The molecule has 20 heavy (non-hydrogen) atoms. The maximum Gasteiger partial charge on any atom is 0.315 e. The van der Waals surface area contributed by atoms with E-state index in [9.17, 15) is 14.7 Å². The molecule has 114 valence electrons. The number of carboxylic acids is 1. The van der Waals surface area contributed by atoms with Gasteiger partial charge in [0.05, 0.1) is 5.41 Å². The molecule has 0 spiro atoms. The van der Waals surface area contributed by atoms with Crippen LogP contribution >= 0.6 is 0 Å². The molecule has 2 rings (SSSR count). The Morgan fingerprint density at radius 2 is 1.90 bits per heavy atom. The maximum absolute atomic E-state index is 11.9. The summed E-state index contributed by atoms with van der Waals surface area (Å²) in [6.07, 6.45) is 8.47. The number of rotatable bonds is 5. The van der Waals surface area contributed by atoms with Gasteiger partial charge >= 0.3 is 12.0 Å². The molecule has 0 bridgehead atoms. The number of aliphatic carboxylic acids is 1. The van der Waals surface area contributed by atoms with Gasteiger partial charge in [-0.25, -0.2) is 4.79 Å². The van der Waals surface area contributed by atoms with Gasteiger partial charge in [0, 0.05) is 12.6 Å². The van der Waals surface area contributed by atoms with Crippen LogP contribution in [0.1, 0.15) is 58.3 Å². The molecule has 2 aliphatic carbocycles. The largest absolute Gasteiger partial charge is 0.481 e. The van der Waals surface area contributed by atoms with E-state index in [0.29, 0.717) is 13.0 Å². The molecule has 2 unspecified atom stereocenters. The van der Waals surface area contributed by atoms with Gasteiger partial charge in [-0.2, -0.15) is 0 Å². The van der Waals surface area contributed by atoms with E-state index in [0.717, 1.165) is 25.2 Å². The molecule has 2 fully saturated rings. The van der Waals surface area contributed by atoms with Crippen LogP contribution in [0.15, 0.2) is 0 Å². The maximum atomic E-state index is 11.9. The number of carboxylic acid groups (broad SMARTS) is 1. The zero-order valence-corrected chi connectivity index (χ0v) is 12.3. The predicted molar refractivity (Wildman–Crippen MR) is 76.5 cm³/mol. The predicted octanol–water partition coefficient (Wildman–Crippen LogP) is 2.51. The standard InChI is InChI=1S/C15H26N2O3/c1-15(13(18)19)9-4-7-12(15)17-14(20)16-10-8-11-5-2-3-6-11/h11-12H,2-10H2,1H3,(H,18,19)(H2,16,17,20). The molecular formula is C15H26N2O3. The molecule has 3 N–H and O–H groups in total. The molecule has 0 aromatic heterocycles. The lowest BCUT2D eigenvalue weighted by atomic mass is 9.85. The fraction of sp³-hybridized carbons (Fsp3) is 0.867. The highest BCUT2D eigenvalue weighted by Gasteiger charge is 2.45. The molecule has 0 aromatic carbocycles. The van der Waals surface area contributed by atoms with E-state index >= 15 is 0 Å². The van der Waals surface area contributed by atoms with Crippen LogP contribution < -0.4 is 10.6 Å². The minimum absolute atomic E-state index is 0.220. The van der Waals surface area contributed by atoms with Gasteiger partial charge in [-0.15, -0.1) is 0 Å². The SMILES string of the molecule is CC1(C(=O)O)CCCC1NC(=O)NCCC1CCCC1. The highest BCUT2D eigenvalue weighted by atomic mass is 16.4. The van der Waals surface area contributed by atoms with Gasteiger partial charge in [0.2, 0.25) is 0 Å². The molecular weight excluding hydrogens is 256 g/mol. The second-order valence-electron chi connectivity index (χ2n) is 6.51. The number of carbonyl (C=O) groups is 2. The Balaban J connectivity index is 1.72. The third-order valence-corrected chi connectivity index (χ3v) is 5.06. The van der Waals surface area contributed by atoms with E-state index in [2.05, 4.69) is 10.6 Å². The van der Waals surface area contributed by atoms with Crippen LogP contribution in [0, 0.1) is 11.3 Å². The minimum atomic E-state index is -0.817. The lowest BCUT2D eigenvalue weighted by Crippen LogP contribution is -2.50. The molecule has 0 aromatic rings. The molecule has 5 heteroatoms. The van der Waals surface area contributed by atoms with Gasteiger partial charge in [0.1, 0.15) is 0 Å². The van der Waals surface area contributed by atoms with Gasteiger partial charge in [0.25, 0.3) is 0 Å². The number of hydrogen-bond donors (Lipinski definition) is 3. The number of urea groups is 1. The fourth-order valence-corrected chi connectivity index (χ4v) is 3.55. The van der Waals surface area contributed by atoms with E-state index in [1.165, 1.54) is 25.7 Å². The van der Waals surface area contributed by atoms with Crippen molar-refractivity contribution in [1.82, 2.24) is 10.6 Å². The molecule has 0 heterocycles. The van der Waals surface area contributed by atoms with Gasteiger partial charge < -0.3 is 15.7 Å². The Bertz CT molecular complexity index is 366. The summed E-state index contributed by atoms with van der Waals surface area (Å²) in [5.41, 5.74) is -0.817. The highest BCUT2D eigenvalue weighted by molar-refractivity contribution is 5.79. The molecule has 2 amide bonds. The third-order valence-electron chi connectivity index (χ3n) is 5.06. The van der Waals surface area contributed by atoms with Crippen LogP contribution in [0.25, 0.3) is 0 Å². The van der Waals surface area contributed by atoms with Crippen molar-refractivity contribution >= 4 is 12.0 Å². The first-order valence-corrected chi connectivity index (χ1v) is 7.80. The monoisotopic (exact) mass is 282 g/mol. The molecule has 0 radical (unpaired) electrons. The van der Waals surface area contributed by atoms with Crippen molar-refractivity contribution in [3.63, 3.8) is 0 Å². The second kappa shape index (κ2) is 6.46. The van der Waals surface area contributed by atoms with Crippen molar-refractivity contribution in [2.24, 2.45) is 11.3 Å². The third kappa shape index (κ3) is 3.44. The van der Waals surface area contributed by atoms with E-state index in [-0.39, 0.29) is 12.1 Å². The van der Waals surface area contributed by atoms with Crippen molar-refractivity contribution in [2.45, 2.75) is 64.3 Å². The first-order valence-electron chi connectivity index (χ1n) is 7.80. The van der Waals surface area contributed by atoms with Crippen LogP contribution in [-0.4, -0.2) is 29.7 Å². The summed E-state index contributed by atoms with van der Waals surface area (Å²) in [6, 6.07) is -0.478. The minimum Gasteiger partial charge on any atom is -0.481 e. The highest BCUT2D eigenvalue weighted by Crippen LogP contribution is 2.38. The Morgan fingerprint density at radius 3 is 2.55 bits per heavy atom. The van der Waals surface area contributed by atoms with Crippen LogP contribution in [0.3, 0.4) is 0 Å². The first-order chi connectivity index (χ1) is 9.52. The summed E-state index contributed by atoms with van der Waals surface area (Å²) >= 11 is 0. The topological polar surface area (TPSA) is 78.4 Å². The summed E-state index contributed by atoms with van der Waals surface area (Å²) in [4.78, 5) is 23.2. The van der Waals surface area contributed by atoms with Crippen molar-refractivity contribution < 1.29 is 14.7 Å². The van der Waals surface area contributed by atoms with Crippen molar-refractivity contribution in [1.29, 1.82) is 0 Å². The van der Waals surface area contributed by atoms with Gasteiger partial charge in [0.15, 0.2) is 0 Å². The van der Waals surface area contributed by atoms with Crippen molar-refractivity contribution in [3.05, 3.63) is 0 Å². The Labute approximate surface area is 120 Å². The van der Waals surface area contributed by atoms with E-state index in [1.807, 2.05) is 0 Å². The molecule has 2 atom stereocenters. The second-order valence-corrected chi connectivity index (χ2v) is 6.51. The van der Waals surface area contributed by atoms with E-state index in [4.69, 9.17) is 0 Å². The summed E-state index contributed by atoms with van der Waals surface area (Å²) < 4.78 is 0. The normalized spacial score (nSPS) is 30.4. The van der Waals surface area contributed by atoms with Crippen LogP contribution in [-0.2, 0) is 4.79 Å². The average molecular weight is 282 g/mol. The number of nitrogens with one attached hydrogen (secondary N) is 2. The Kier molecular flexibility index (Phi) is 4.89. The lowest BCUT2D eigenvalue weighted by molar-refractivity contribution is -0.148. The summed E-state index contributed by atoms with van der Waals surface area (Å²) in [6.45, 7) is 2.42. The zero-order valence-electron chi connectivity index (χ0n) is 12.3. The number of carbonyl (C=O) groups excluding carboxylic acids is 1. The quantitative estimate of drug-likeness (QED) is 0.725. The molecule has 0 aliphatic heterocycles.